The Kier molecular flexibility index (Phi) is 7.06. The average Bonchev–Trinajstić information content (AvgIpc) is 3.03. The van der Waals surface area contributed by atoms with Crippen molar-refractivity contribution in [2.24, 2.45) is 0 Å². The molecule has 4 rings (SSSR count). The first-order valence-electron chi connectivity index (χ1n) is 10.5. The molecule has 0 aliphatic carbocycles. The molecular weight excluding hydrogens is 412 g/mol. The molecular formula is C24H26N2O4S. The Morgan fingerprint density at radius 1 is 0.935 bits per heavy atom. The fourth-order valence-corrected chi connectivity index (χ4v) is 4.70. The van der Waals surface area contributed by atoms with E-state index in [-0.39, 0.29) is 11.8 Å². The monoisotopic (exact) mass is 438 g/mol. The molecule has 0 radical (unpaired) electrons. The van der Waals surface area contributed by atoms with E-state index in [1.807, 2.05) is 61.5 Å². The second-order valence-corrected chi connectivity index (χ2v) is 8.38. The Balaban J connectivity index is 1.60. The van der Waals surface area contributed by atoms with Crippen LogP contribution in [0.3, 0.4) is 0 Å². The van der Waals surface area contributed by atoms with Crippen molar-refractivity contribution in [3.05, 3.63) is 65.1 Å². The number of amides is 2. The molecule has 2 aliphatic rings. The van der Waals surface area contributed by atoms with Crippen molar-refractivity contribution in [1.82, 2.24) is 9.80 Å². The van der Waals surface area contributed by atoms with Gasteiger partial charge in [0.2, 0.25) is 0 Å². The molecule has 0 spiro atoms. The predicted octanol–water partition coefficient (Wildman–Crippen LogP) is 3.29. The van der Waals surface area contributed by atoms with E-state index in [0.717, 1.165) is 29.3 Å². The fourth-order valence-electron chi connectivity index (χ4n) is 3.66. The number of hydrogen-bond donors (Lipinski definition) is 0. The number of benzene rings is 2. The SMILES string of the molecule is CCOc1ccc(C2=C(Sc3ccccc3)C(=O)N(CCN3CCOCC3)C2=O)cc1. The second kappa shape index (κ2) is 10.1. The summed E-state index contributed by atoms with van der Waals surface area (Å²) < 4.78 is 10.9. The summed E-state index contributed by atoms with van der Waals surface area (Å²) in [6.45, 7) is 6.54. The van der Waals surface area contributed by atoms with Crippen molar-refractivity contribution >= 4 is 29.1 Å². The lowest BCUT2D eigenvalue weighted by atomic mass is 10.1. The van der Waals surface area contributed by atoms with Gasteiger partial charge in [-0.2, -0.15) is 0 Å². The Hall–Kier alpha value is -2.61. The van der Waals surface area contributed by atoms with Crippen LogP contribution in [0.25, 0.3) is 5.57 Å². The molecule has 162 valence electrons. The van der Waals surface area contributed by atoms with E-state index in [2.05, 4.69) is 4.90 Å². The fraction of sp³-hybridized carbons (Fsp3) is 0.333. The van der Waals surface area contributed by atoms with Gasteiger partial charge in [0.1, 0.15) is 5.75 Å². The van der Waals surface area contributed by atoms with E-state index >= 15 is 0 Å². The van der Waals surface area contributed by atoms with Crippen molar-refractivity contribution < 1.29 is 19.1 Å². The largest absolute Gasteiger partial charge is 0.494 e. The zero-order valence-corrected chi connectivity index (χ0v) is 18.4. The normalized spacial score (nSPS) is 17.5. The summed E-state index contributed by atoms with van der Waals surface area (Å²) >= 11 is 1.35. The molecule has 2 amide bonds. The van der Waals surface area contributed by atoms with Crippen LogP contribution in [0.2, 0.25) is 0 Å². The predicted molar refractivity (Wildman–Crippen MR) is 121 cm³/mol. The van der Waals surface area contributed by atoms with E-state index in [1.165, 1.54) is 16.7 Å². The van der Waals surface area contributed by atoms with Gasteiger partial charge in [-0.1, -0.05) is 42.1 Å². The highest BCUT2D eigenvalue weighted by molar-refractivity contribution is 8.04. The standard InChI is InChI=1S/C24H26N2O4S/c1-2-30-19-10-8-18(9-11-19)21-22(31-20-6-4-3-5-7-20)24(28)26(23(21)27)13-12-25-14-16-29-17-15-25/h3-11H,2,12-17H2,1H3. The molecule has 2 aliphatic heterocycles. The molecule has 0 bridgehead atoms. The number of carbonyl (C=O) groups excluding carboxylic acids is 2. The zero-order valence-electron chi connectivity index (χ0n) is 17.6. The quantitative estimate of drug-likeness (QED) is 0.590. The molecule has 0 unspecified atom stereocenters. The topological polar surface area (TPSA) is 59.1 Å². The third kappa shape index (κ3) is 5.01. The summed E-state index contributed by atoms with van der Waals surface area (Å²) in [5.74, 6) is 0.280. The van der Waals surface area contributed by atoms with Gasteiger partial charge in [0.05, 0.1) is 30.3 Å². The van der Waals surface area contributed by atoms with Crippen LogP contribution in [0.15, 0.2) is 64.4 Å². The molecule has 0 atom stereocenters. The summed E-state index contributed by atoms with van der Waals surface area (Å²) in [7, 11) is 0. The summed E-state index contributed by atoms with van der Waals surface area (Å²) in [6.07, 6.45) is 0. The number of nitrogens with zero attached hydrogens (tertiary/aromatic N) is 2. The maximum absolute atomic E-state index is 13.4. The second-order valence-electron chi connectivity index (χ2n) is 7.29. The van der Waals surface area contributed by atoms with E-state index in [9.17, 15) is 9.59 Å². The number of ether oxygens (including phenoxy) is 2. The maximum Gasteiger partial charge on any atom is 0.268 e. The van der Waals surface area contributed by atoms with Gasteiger partial charge in [-0.05, 0) is 36.8 Å². The van der Waals surface area contributed by atoms with Crippen molar-refractivity contribution in [2.45, 2.75) is 11.8 Å². The van der Waals surface area contributed by atoms with Crippen molar-refractivity contribution in [3.63, 3.8) is 0 Å². The average molecular weight is 439 g/mol. The van der Waals surface area contributed by atoms with Gasteiger partial charge in [-0.15, -0.1) is 0 Å². The molecule has 2 aromatic rings. The van der Waals surface area contributed by atoms with E-state index in [4.69, 9.17) is 9.47 Å². The summed E-state index contributed by atoms with van der Waals surface area (Å²) in [5, 5.41) is 0. The molecule has 0 saturated carbocycles. The van der Waals surface area contributed by atoms with Gasteiger partial charge in [-0.25, -0.2) is 0 Å². The lowest BCUT2D eigenvalue weighted by Crippen LogP contribution is -2.43. The van der Waals surface area contributed by atoms with Crippen molar-refractivity contribution in [1.29, 1.82) is 0 Å². The van der Waals surface area contributed by atoms with Crippen LogP contribution in [0.1, 0.15) is 12.5 Å². The number of morpholine rings is 1. The molecule has 2 aromatic carbocycles. The smallest absolute Gasteiger partial charge is 0.268 e. The lowest BCUT2D eigenvalue weighted by Gasteiger charge is -2.28. The van der Waals surface area contributed by atoms with Crippen LogP contribution in [-0.2, 0) is 14.3 Å². The Labute approximate surface area is 186 Å². The Morgan fingerprint density at radius 2 is 1.65 bits per heavy atom. The van der Waals surface area contributed by atoms with Gasteiger partial charge in [0, 0.05) is 31.1 Å². The van der Waals surface area contributed by atoms with Crippen molar-refractivity contribution in [3.8, 4) is 5.75 Å². The van der Waals surface area contributed by atoms with Crippen molar-refractivity contribution in [2.75, 3.05) is 46.0 Å². The molecule has 0 N–H and O–H groups in total. The Bertz CT molecular complexity index is 953. The van der Waals surface area contributed by atoms with Crippen LogP contribution in [0.4, 0.5) is 0 Å². The molecule has 6 nitrogen and oxygen atoms in total. The highest BCUT2D eigenvalue weighted by atomic mass is 32.2. The molecule has 1 fully saturated rings. The number of hydrogen-bond acceptors (Lipinski definition) is 6. The number of imide groups is 1. The van der Waals surface area contributed by atoms with Crippen LogP contribution >= 0.6 is 11.8 Å². The first kappa shape index (κ1) is 21.6. The minimum atomic E-state index is -0.235. The minimum absolute atomic E-state index is 0.226. The van der Waals surface area contributed by atoms with Gasteiger partial charge < -0.3 is 9.47 Å². The number of carbonyl (C=O) groups is 2. The first-order valence-corrected chi connectivity index (χ1v) is 11.4. The third-order valence-electron chi connectivity index (χ3n) is 5.29. The zero-order chi connectivity index (χ0) is 21.6. The highest BCUT2D eigenvalue weighted by Gasteiger charge is 2.39. The minimum Gasteiger partial charge on any atom is -0.494 e. The van der Waals surface area contributed by atoms with Gasteiger partial charge in [0.15, 0.2) is 0 Å². The maximum atomic E-state index is 13.4. The third-order valence-corrected chi connectivity index (χ3v) is 6.38. The summed E-state index contributed by atoms with van der Waals surface area (Å²) in [5.41, 5.74) is 1.19. The Morgan fingerprint density at radius 3 is 2.32 bits per heavy atom. The summed E-state index contributed by atoms with van der Waals surface area (Å²) in [6, 6.07) is 17.1. The molecule has 2 heterocycles. The van der Waals surface area contributed by atoms with Crippen LogP contribution in [-0.4, -0.2) is 67.6 Å². The van der Waals surface area contributed by atoms with Gasteiger partial charge in [0.25, 0.3) is 11.8 Å². The summed E-state index contributed by atoms with van der Waals surface area (Å²) in [4.78, 5) is 31.7. The molecule has 1 saturated heterocycles. The van der Waals surface area contributed by atoms with Gasteiger partial charge in [-0.3, -0.25) is 19.4 Å². The van der Waals surface area contributed by atoms with E-state index in [0.29, 0.717) is 43.4 Å². The number of thioether (sulfide) groups is 1. The van der Waals surface area contributed by atoms with Crippen LogP contribution in [0.5, 0.6) is 5.75 Å². The van der Waals surface area contributed by atoms with E-state index in [1.54, 1.807) is 0 Å². The van der Waals surface area contributed by atoms with Gasteiger partial charge >= 0.3 is 0 Å². The lowest BCUT2D eigenvalue weighted by molar-refractivity contribution is -0.136. The number of rotatable bonds is 8. The first-order chi connectivity index (χ1) is 15.2. The van der Waals surface area contributed by atoms with E-state index < -0.39 is 0 Å². The van der Waals surface area contributed by atoms with Crippen LogP contribution in [0, 0.1) is 0 Å². The molecule has 31 heavy (non-hydrogen) atoms. The van der Waals surface area contributed by atoms with Crippen LogP contribution < -0.4 is 4.74 Å². The molecule has 0 aromatic heterocycles. The highest BCUT2D eigenvalue weighted by Crippen LogP contribution is 2.39. The molecule has 7 heteroatoms.